The van der Waals surface area contributed by atoms with Gasteiger partial charge in [-0.05, 0) is 51.4 Å². The van der Waals surface area contributed by atoms with Gasteiger partial charge >= 0.3 is 0 Å². The first-order valence-electron chi connectivity index (χ1n) is 14.3. The molecular weight excluding hydrogens is 510 g/mol. The van der Waals surface area contributed by atoms with Gasteiger partial charge in [0, 0.05) is 30.4 Å². The van der Waals surface area contributed by atoms with Gasteiger partial charge in [-0.15, -0.1) is 24.9 Å². The van der Waals surface area contributed by atoms with E-state index in [1.807, 2.05) is 18.7 Å². The van der Waals surface area contributed by atoms with E-state index in [1.54, 1.807) is 40.8 Å². The lowest BCUT2D eigenvalue weighted by Crippen LogP contribution is -2.62. The van der Waals surface area contributed by atoms with Crippen molar-refractivity contribution in [1.82, 2.24) is 14.7 Å². The molecular formula is C31H51N3O4S. The molecule has 3 rings (SSSR count). The van der Waals surface area contributed by atoms with Gasteiger partial charge < -0.3 is 19.8 Å². The lowest BCUT2D eigenvalue weighted by atomic mass is 9.66. The van der Waals surface area contributed by atoms with Crippen LogP contribution in [0.4, 0.5) is 0 Å². The van der Waals surface area contributed by atoms with Gasteiger partial charge in [0.1, 0.15) is 6.04 Å². The predicted octanol–water partition coefficient (Wildman–Crippen LogP) is 4.36. The number of likely N-dealkylation sites (N-methyl/N-ethyl adjacent to an activating group) is 1. The van der Waals surface area contributed by atoms with Crippen molar-refractivity contribution in [3.05, 3.63) is 25.3 Å². The van der Waals surface area contributed by atoms with E-state index < -0.39 is 39.0 Å². The number of hydrogen-bond donors (Lipinski definition) is 1. The number of thioether (sulfide) groups is 1. The maximum atomic E-state index is 14.9. The Morgan fingerprint density at radius 1 is 1.13 bits per heavy atom. The lowest BCUT2D eigenvalue weighted by Gasteiger charge is -2.47. The quantitative estimate of drug-likeness (QED) is 0.379. The Balaban J connectivity index is 2.20. The van der Waals surface area contributed by atoms with E-state index in [9.17, 15) is 19.5 Å². The molecule has 8 heteroatoms. The molecule has 220 valence electrons. The largest absolute Gasteiger partial charge is 0.394 e. The highest BCUT2D eigenvalue weighted by atomic mass is 32.2. The Bertz CT molecular complexity index is 1000. The molecule has 2 unspecified atom stereocenters. The van der Waals surface area contributed by atoms with E-state index in [2.05, 4.69) is 54.7 Å². The van der Waals surface area contributed by atoms with Gasteiger partial charge in [-0.2, -0.15) is 0 Å². The number of amides is 3. The van der Waals surface area contributed by atoms with Crippen molar-refractivity contribution < 1.29 is 19.5 Å². The molecule has 2 bridgehead atoms. The summed E-state index contributed by atoms with van der Waals surface area (Å²) in [7, 11) is 1.75. The number of rotatable bonds is 11. The molecule has 6 atom stereocenters. The summed E-state index contributed by atoms with van der Waals surface area (Å²) in [5.74, 6) is -1.55. The van der Waals surface area contributed by atoms with Crippen LogP contribution in [0.25, 0.3) is 0 Å². The van der Waals surface area contributed by atoms with Crippen LogP contribution in [0.3, 0.4) is 0 Å². The monoisotopic (exact) mass is 561 g/mol. The maximum Gasteiger partial charge on any atom is 0.247 e. The first-order valence-corrected chi connectivity index (χ1v) is 15.2. The second-order valence-corrected chi connectivity index (χ2v) is 16.2. The van der Waals surface area contributed by atoms with E-state index in [0.717, 1.165) is 12.8 Å². The second-order valence-electron chi connectivity index (χ2n) is 14.3. The summed E-state index contributed by atoms with van der Waals surface area (Å²) in [6.45, 7) is 24.9. The smallest absolute Gasteiger partial charge is 0.247 e. The Morgan fingerprint density at radius 2 is 1.72 bits per heavy atom. The number of aliphatic hydroxyl groups is 1. The van der Waals surface area contributed by atoms with Gasteiger partial charge in [0.15, 0.2) is 0 Å². The van der Waals surface area contributed by atoms with Crippen molar-refractivity contribution in [1.29, 1.82) is 0 Å². The van der Waals surface area contributed by atoms with Crippen LogP contribution in [0.2, 0.25) is 0 Å². The molecule has 0 aliphatic carbocycles. The van der Waals surface area contributed by atoms with Crippen LogP contribution in [-0.4, -0.2) is 91.4 Å². The minimum Gasteiger partial charge on any atom is -0.394 e. The Labute approximate surface area is 240 Å². The Morgan fingerprint density at radius 3 is 2.21 bits per heavy atom. The summed E-state index contributed by atoms with van der Waals surface area (Å²) in [6, 6.07) is -1.28. The molecule has 0 aromatic heterocycles. The molecule has 1 spiro atoms. The summed E-state index contributed by atoms with van der Waals surface area (Å²) in [5, 5.41) is 10.5. The van der Waals surface area contributed by atoms with E-state index in [1.165, 1.54) is 0 Å². The van der Waals surface area contributed by atoms with Gasteiger partial charge in [0.25, 0.3) is 0 Å². The van der Waals surface area contributed by atoms with Crippen LogP contribution in [0, 0.1) is 23.2 Å². The zero-order valence-electron chi connectivity index (χ0n) is 25.6. The minimum absolute atomic E-state index is 0.0257. The zero-order chi connectivity index (χ0) is 29.7. The van der Waals surface area contributed by atoms with E-state index in [0.29, 0.717) is 19.5 Å². The van der Waals surface area contributed by atoms with Crippen LogP contribution < -0.4 is 0 Å². The first kappa shape index (κ1) is 31.7. The highest BCUT2D eigenvalue weighted by Gasteiger charge is 2.78. The molecule has 3 aliphatic heterocycles. The number of hydrogen-bond acceptors (Lipinski definition) is 5. The molecule has 0 aromatic carbocycles. The lowest BCUT2D eigenvalue weighted by molar-refractivity contribution is -0.150. The maximum absolute atomic E-state index is 14.9. The Hall–Kier alpha value is -1.80. The Kier molecular flexibility index (Phi) is 8.85. The normalized spacial score (nSPS) is 30.9. The average molecular weight is 562 g/mol. The molecule has 0 radical (unpaired) electrons. The van der Waals surface area contributed by atoms with Crippen molar-refractivity contribution in [2.75, 3.05) is 26.7 Å². The fraction of sp³-hybridized carbons (Fsp3) is 0.774. The van der Waals surface area contributed by atoms with Gasteiger partial charge in [-0.3, -0.25) is 14.4 Å². The molecule has 3 saturated heterocycles. The van der Waals surface area contributed by atoms with Crippen LogP contribution >= 0.6 is 11.8 Å². The highest BCUT2D eigenvalue weighted by Crippen LogP contribution is 2.72. The van der Waals surface area contributed by atoms with Gasteiger partial charge in [0.2, 0.25) is 17.7 Å². The molecule has 3 aliphatic rings. The molecule has 3 heterocycles. The molecule has 0 saturated carbocycles. The number of carbonyl (C=O) groups excluding carboxylic acids is 3. The van der Waals surface area contributed by atoms with E-state index >= 15 is 0 Å². The molecule has 3 amide bonds. The van der Waals surface area contributed by atoms with Gasteiger partial charge in [0.05, 0.1) is 29.2 Å². The number of carbonyl (C=O) groups is 3. The molecule has 7 nitrogen and oxygen atoms in total. The standard InChI is InChI=1S/C31H51N3O4S/c1-12-16-32(11)25(36)22-23-26(37)34(21(18-35)20(3)4)24(31(23)15-14-30(22,10)39-31)27(38)33(17-13-2)29(8,9)19-28(5,6)7/h12-13,20-24,35H,1-2,14-19H2,3-11H3/t21-,22+,23-,24?,30-,31?/m0/s1. The van der Waals surface area contributed by atoms with Crippen LogP contribution in [0.5, 0.6) is 0 Å². The predicted molar refractivity (Wildman–Crippen MR) is 159 cm³/mol. The van der Waals surface area contributed by atoms with Crippen molar-refractivity contribution >= 4 is 29.5 Å². The van der Waals surface area contributed by atoms with Crippen molar-refractivity contribution in [2.45, 2.75) is 102 Å². The fourth-order valence-corrected chi connectivity index (χ4v) is 10.2. The van der Waals surface area contributed by atoms with Crippen LogP contribution in [-0.2, 0) is 14.4 Å². The summed E-state index contributed by atoms with van der Waals surface area (Å²) in [4.78, 5) is 48.5. The van der Waals surface area contributed by atoms with E-state index in [-0.39, 0.29) is 35.7 Å². The van der Waals surface area contributed by atoms with Gasteiger partial charge in [-0.25, -0.2) is 0 Å². The number of fused-ring (bicyclic) bond motifs is 1. The summed E-state index contributed by atoms with van der Waals surface area (Å²) >= 11 is 1.68. The summed E-state index contributed by atoms with van der Waals surface area (Å²) in [6.07, 6.45) is 5.65. The van der Waals surface area contributed by atoms with Crippen molar-refractivity contribution in [3.63, 3.8) is 0 Å². The average Bonchev–Trinajstić information content (AvgIpc) is 3.36. The van der Waals surface area contributed by atoms with Gasteiger partial charge in [-0.1, -0.05) is 46.8 Å². The molecule has 3 fully saturated rings. The van der Waals surface area contributed by atoms with Crippen molar-refractivity contribution in [3.8, 4) is 0 Å². The fourth-order valence-electron chi connectivity index (χ4n) is 7.82. The third kappa shape index (κ3) is 5.32. The van der Waals surface area contributed by atoms with Crippen LogP contribution in [0.1, 0.15) is 74.7 Å². The SMILES string of the molecule is C=CCN(C)C(=O)[C@H]1[C@H]2C(=O)N([C@@H](CO)C(C)C)C(C(=O)N(CC=C)C(C)(C)CC(C)(C)C)C23CC[C@]1(C)S3. The molecule has 39 heavy (non-hydrogen) atoms. The van der Waals surface area contributed by atoms with Crippen LogP contribution in [0.15, 0.2) is 25.3 Å². The molecule has 0 aromatic rings. The second kappa shape index (κ2) is 10.9. The zero-order valence-corrected chi connectivity index (χ0v) is 26.4. The first-order chi connectivity index (χ1) is 17.9. The summed E-state index contributed by atoms with van der Waals surface area (Å²) in [5.41, 5.74) is -0.522. The number of nitrogens with zero attached hydrogens (tertiary/aromatic N) is 3. The molecule has 1 N–H and O–H groups in total. The minimum atomic E-state index is -0.761. The number of likely N-dealkylation sites (tertiary alicyclic amines) is 1. The van der Waals surface area contributed by atoms with E-state index in [4.69, 9.17) is 0 Å². The third-order valence-electron chi connectivity index (χ3n) is 9.08. The summed E-state index contributed by atoms with van der Waals surface area (Å²) < 4.78 is -1.16. The third-order valence-corrected chi connectivity index (χ3v) is 11.1. The highest BCUT2D eigenvalue weighted by molar-refractivity contribution is 8.02. The van der Waals surface area contributed by atoms with Crippen molar-refractivity contribution in [2.24, 2.45) is 23.2 Å². The topological polar surface area (TPSA) is 81.2 Å². The number of aliphatic hydroxyl groups excluding tert-OH is 1.